The number of anilines is 1. The lowest BCUT2D eigenvalue weighted by atomic mass is 10.0. The highest BCUT2D eigenvalue weighted by atomic mass is 35.5. The van der Waals surface area contributed by atoms with Gasteiger partial charge in [-0.1, -0.05) is 29.3 Å². The third kappa shape index (κ3) is 3.52. The summed E-state index contributed by atoms with van der Waals surface area (Å²) in [6, 6.07) is 10.2. The molecule has 24 heavy (non-hydrogen) atoms. The van der Waals surface area contributed by atoms with E-state index < -0.39 is 5.41 Å². The Labute approximate surface area is 149 Å². The SMILES string of the molecule is O=C(NCc1ccccn1)C1(C(=O)Nc2cc(Cl)ccc2Cl)CC1. The summed E-state index contributed by atoms with van der Waals surface area (Å²) in [7, 11) is 0. The minimum atomic E-state index is -1.04. The van der Waals surface area contributed by atoms with Crippen molar-refractivity contribution in [1.82, 2.24) is 10.3 Å². The van der Waals surface area contributed by atoms with Gasteiger partial charge in [0.25, 0.3) is 0 Å². The molecule has 1 saturated carbocycles. The molecule has 2 aromatic rings. The standard InChI is InChI=1S/C17H15Cl2N3O2/c18-11-4-5-13(19)14(9-11)22-16(24)17(6-7-17)15(23)21-10-12-3-1-2-8-20-12/h1-5,8-9H,6-7,10H2,(H,21,23)(H,22,24). The molecule has 1 aliphatic rings. The third-order valence-electron chi connectivity index (χ3n) is 3.95. The van der Waals surface area contributed by atoms with Crippen LogP contribution in [0.4, 0.5) is 5.69 Å². The van der Waals surface area contributed by atoms with Crippen molar-refractivity contribution in [2.24, 2.45) is 5.41 Å². The zero-order valence-corrected chi connectivity index (χ0v) is 14.2. The summed E-state index contributed by atoms with van der Waals surface area (Å²) < 4.78 is 0. The summed E-state index contributed by atoms with van der Waals surface area (Å²) in [5.41, 5.74) is 0.0957. The number of hydrogen-bond donors (Lipinski definition) is 2. The molecule has 0 radical (unpaired) electrons. The second kappa shape index (κ2) is 6.79. The van der Waals surface area contributed by atoms with Crippen molar-refractivity contribution >= 4 is 40.7 Å². The Morgan fingerprint density at radius 1 is 1.12 bits per heavy atom. The smallest absolute Gasteiger partial charge is 0.240 e. The molecule has 1 aromatic carbocycles. The number of carbonyl (C=O) groups excluding carboxylic acids is 2. The van der Waals surface area contributed by atoms with E-state index in [0.29, 0.717) is 28.6 Å². The van der Waals surface area contributed by atoms with E-state index in [4.69, 9.17) is 23.2 Å². The fourth-order valence-corrected chi connectivity index (χ4v) is 2.70. The molecule has 1 heterocycles. The summed E-state index contributed by atoms with van der Waals surface area (Å²) >= 11 is 12.0. The van der Waals surface area contributed by atoms with Crippen LogP contribution in [0.25, 0.3) is 0 Å². The van der Waals surface area contributed by atoms with Crippen LogP contribution in [0.1, 0.15) is 18.5 Å². The molecule has 2 amide bonds. The maximum atomic E-state index is 12.5. The van der Waals surface area contributed by atoms with E-state index >= 15 is 0 Å². The van der Waals surface area contributed by atoms with Crippen molar-refractivity contribution in [3.63, 3.8) is 0 Å². The van der Waals surface area contributed by atoms with Gasteiger partial charge >= 0.3 is 0 Å². The number of nitrogens with zero attached hydrogens (tertiary/aromatic N) is 1. The minimum Gasteiger partial charge on any atom is -0.350 e. The number of carbonyl (C=O) groups is 2. The van der Waals surface area contributed by atoms with Crippen LogP contribution in [-0.4, -0.2) is 16.8 Å². The van der Waals surface area contributed by atoms with Crippen LogP contribution in [0.2, 0.25) is 10.0 Å². The average Bonchev–Trinajstić information content (AvgIpc) is 3.39. The number of halogens is 2. The van der Waals surface area contributed by atoms with Crippen LogP contribution >= 0.6 is 23.2 Å². The Bertz CT molecular complexity index is 777. The summed E-state index contributed by atoms with van der Waals surface area (Å²) in [5, 5.41) is 6.30. The number of pyridine rings is 1. The van der Waals surface area contributed by atoms with Gasteiger partial charge in [-0.2, -0.15) is 0 Å². The topological polar surface area (TPSA) is 71.1 Å². The largest absolute Gasteiger partial charge is 0.350 e. The summed E-state index contributed by atoms with van der Waals surface area (Å²) in [6.07, 6.45) is 2.67. The molecule has 7 heteroatoms. The number of aromatic nitrogens is 1. The maximum absolute atomic E-state index is 12.5. The number of nitrogens with one attached hydrogen (secondary N) is 2. The molecule has 0 atom stereocenters. The number of rotatable bonds is 5. The molecule has 1 fully saturated rings. The maximum Gasteiger partial charge on any atom is 0.240 e. The van der Waals surface area contributed by atoms with Crippen LogP contribution in [0.3, 0.4) is 0 Å². The van der Waals surface area contributed by atoms with Gasteiger partial charge in [-0.3, -0.25) is 14.6 Å². The first kappa shape index (κ1) is 16.7. The lowest BCUT2D eigenvalue weighted by Gasteiger charge is -2.16. The molecule has 2 N–H and O–H groups in total. The van der Waals surface area contributed by atoms with Crippen molar-refractivity contribution in [2.45, 2.75) is 19.4 Å². The highest BCUT2D eigenvalue weighted by molar-refractivity contribution is 6.36. The molecule has 5 nitrogen and oxygen atoms in total. The molecule has 1 aromatic heterocycles. The van der Waals surface area contributed by atoms with Crippen molar-refractivity contribution in [1.29, 1.82) is 0 Å². The van der Waals surface area contributed by atoms with Gasteiger partial charge in [-0.25, -0.2) is 0 Å². The predicted octanol–water partition coefficient (Wildman–Crippen LogP) is 3.42. The fourth-order valence-electron chi connectivity index (χ4n) is 2.36. The predicted molar refractivity (Wildman–Crippen MR) is 92.8 cm³/mol. The third-order valence-corrected chi connectivity index (χ3v) is 4.52. The highest BCUT2D eigenvalue weighted by Crippen LogP contribution is 2.47. The Morgan fingerprint density at radius 3 is 2.58 bits per heavy atom. The zero-order valence-electron chi connectivity index (χ0n) is 12.7. The molecule has 0 aliphatic heterocycles. The molecule has 0 bridgehead atoms. The van der Waals surface area contributed by atoms with E-state index in [2.05, 4.69) is 15.6 Å². The summed E-state index contributed by atoms with van der Waals surface area (Å²) in [5.74, 6) is -0.672. The highest BCUT2D eigenvalue weighted by Gasteiger charge is 2.56. The first-order valence-electron chi connectivity index (χ1n) is 7.46. The van der Waals surface area contributed by atoms with Crippen LogP contribution in [0.15, 0.2) is 42.6 Å². The molecule has 0 unspecified atom stereocenters. The van der Waals surface area contributed by atoms with Gasteiger partial charge in [0.2, 0.25) is 11.8 Å². The molecule has 0 spiro atoms. The van der Waals surface area contributed by atoms with Crippen molar-refractivity contribution in [2.75, 3.05) is 5.32 Å². The molecule has 3 rings (SSSR count). The normalized spacial score (nSPS) is 14.8. The summed E-state index contributed by atoms with van der Waals surface area (Å²) in [6.45, 7) is 0.284. The fraction of sp³-hybridized carbons (Fsp3) is 0.235. The lowest BCUT2D eigenvalue weighted by Crippen LogP contribution is -2.39. The second-order valence-corrected chi connectivity index (χ2v) is 6.51. The van der Waals surface area contributed by atoms with E-state index in [1.165, 1.54) is 0 Å². The van der Waals surface area contributed by atoms with Gasteiger partial charge in [0.15, 0.2) is 0 Å². The van der Waals surface area contributed by atoms with Gasteiger partial charge in [-0.15, -0.1) is 0 Å². The number of benzene rings is 1. The van der Waals surface area contributed by atoms with Crippen LogP contribution in [0, 0.1) is 5.41 Å². The number of hydrogen-bond acceptors (Lipinski definition) is 3. The van der Waals surface area contributed by atoms with Crippen LogP contribution < -0.4 is 10.6 Å². The first-order chi connectivity index (χ1) is 11.5. The Hall–Kier alpha value is -2.11. The first-order valence-corrected chi connectivity index (χ1v) is 8.21. The van der Waals surface area contributed by atoms with E-state index in [-0.39, 0.29) is 18.4 Å². The van der Waals surface area contributed by atoms with E-state index in [1.54, 1.807) is 30.5 Å². The lowest BCUT2D eigenvalue weighted by molar-refractivity contribution is -0.134. The Morgan fingerprint density at radius 2 is 1.92 bits per heavy atom. The van der Waals surface area contributed by atoms with Crippen LogP contribution in [0.5, 0.6) is 0 Å². The second-order valence-electron chi connectivity index (χ2n) is 5.66. The van der Waals surface area contributed by atoms with Gasteiger partial charge in [0.05, 0.1) is 22.9 Å². The molecule has 124 valence electrons. The Balaban J connectivity index is 1.65. The van der Waals surface area contributed by atoms with E-state index in [0.717, 1.165) is 5.69 Å². The van der Waals surface area contributed by atoms with Crippen molar-refractivity contribution in [3.05, 3.63) is 58.3 Å². The molecule has 1 aliphatic carbocycles. The number of amides is 2. The zero-order chi connectivity index (χ0) is 17.2. The van der Waals surface area contributed by atoms with Crippen LogP contribution in [-0.2, 0) is 16.1 Å². The van der Waals surface area contributed by atoms with E-state index in [1.807, 2.05) is 12.1 Å². The van der Waals surface area contributed by atoms with Gasteiger partial charge in [0, 0.05) is 11.2 Å². The molecular weight excluding hydrogens is 349 g/mol. The van der Waals surface area contributed by atoms with Gasteiger partial charge in [0.1, 0.15) is 5.41 Å². The van der Waals surface area contributed by atoms with E-state index in [9.17, 15) is 9.59 Å². The molecular formula is C17H15Cl2N3O2. The molecule has 0 saturated heterocycles. The van der Waals surface area contributed by atoms with Gasteiger partial charge < -0.3 is 10.6 Å². The van der Waals surface area contributed by atoms with Gasteiger partial charge in [-0.05, 0) is 43.2 Å². The monoisotopic (exact) mass is 363 g/mol. The minimum absolute atomic E-state index is 0.284. The average molecular weight is 364 g/mol. The van der Waals surface area contributed by atoms with Crippen molar-refractivity contribution in [3.8, 4) is 0 Å². The van der Waals surface area contributed by atoms with Crippen molar-refractivity contribution < 1.29 is 9.59 Å². The Kier molecular flexibility index (Phi) is 4.73. The summed E-state index contributed by atoms with van der Waals surface area (Å²) in [4.78, 5) is 29.1. The quantitative estimate of drug-likeness (QED) is 0.799.